The largest absolute Gasteiger partial charge is 0.330 e. The van der Waals surface area contributed by atoms with Gasteiger partial charge >= 0.3 is 0 Å². The van der Waals surface area contributed by atoms with Crippen molar-refractivity contribution in [2.75, 3.05) is 11.9 Å². The van der Waals surface area contributed by atoms with Crippen LogP contribution in [0.3, 0.4) is 0 Å². The van der Waals surface area contributed by atoms with Crippen LogP contribution in [0.5, 0.6) is 0 Å². The molecule has 2 rings (SSSR count). The van der Waals surface area contributed by atoms with E-state index in [2.05, 4.69) is 31.2 Å². The summed E-state index contributed by atoms with van der Waals surface area (Å²) in [4.78, 5) is 20.4. The normalized spacial score (nSPS) is 10.5. The van der Waals surface area contributed by atoms with Crippen LogP contribution in [-0.2, 0) is 6.42 Å². The molecule has 2 heterocycles. The van der Waals surface area contributed by atoms with Gasteiger partial charge in [0.2, 0.25) is 0 Å². The van der Waals surface area contributed by atoms with Crippen LogP contribution < -0.4 is 11.1 Å². The second-order valence-corrected chi connectivity index (χ2v) is 5.80. The van der Waals surface area contributed by atoms with Gasteiger partial charge in [0.05, 0.1) is 5.01 Å². The van der Waals surface area contributed by atoms with Crippen molar-refractivity contribution in [3.05, 3.63) is 38.4 Å². The van der Waals surface area contributed by atoms with Gasteiger partial charge in [-0.2, -0.15) is 0 Å². The predicted octanol–water partition coefficient (Wildman–Crippen LogP) is 2.36. The molecule has 0 aliphatic rings. The predicted molar refractivity (Wildman–Crippen MR) is 79.5 cm³/mol. The highest BCUT2D eigenvalue weighted by atomic mass is 79.9. The van der Waals surface area contributed by atoms with Crippen molar-refractivity contribution in [3.8, 4) is 0 Å². The number of halogens is 1. The smallest absolute Gasteiger partial charge is 0.276 e. The molecule has 5 nitrogen and oxygen atoms in total. The summed E-state index contributed by atoms with van der Waals surface area (Å²) in [6, 6.07) is 1.89. The van der Waals surface area contributed by atoms with E-state index in [9.17, 15) is 4.79 Å². The molecular formula is C12H13BrN4OS. The number of nitrogens with two attached hydrogens (primary N) is 1. The topological polar surface area (TPSA) is 80.9 Å². The highest BCUT2D eigenvalue weighted by molar-refractivity contribution is 9.10. The van der Waals surface area contributed by atoms with Crippen molar-refractivity contribution in [1.82, 2.24) is 9.97 Å². The van der Waals surface area contributed by atoms with Gasteiger partial charge in [-0.25, -0.2) is 9.97 Å². The fourth-order valence-corrected chi connectivity index (χ4v) is 2.74. The minimum Gasteiger partial charge on any atom is -0.330 e. The molecular weight excluding hydrogens is 328 g/mol. The van der Waals surface area contributed by atoms with Crippen molar-refractivity contribution in [2.24, 2.45) is 5.73 Å². The van der Waals surface area contributed by atoms with Gasteiger partial charge in [-0.05, 0) is 41.0 Å². The van der Waals surface area contributed by atoms with Gasteiger partial charge in [-0.15, -0.1) is 11.3 Å². The maximum absolute atomic E-state index is 12.0. The lowest BCUT2D eigenvalue weighted by Gasteiger charge is -2.05. The number of nitrogens with one attached hydrogen (secondary N) is 1. The van der Waals surface area contributed by atoms with Gasteiger partial charge in [0, 0.05) is 22.5 Å². The fourth-order valence-electron chi connectivity index (χ4n) is 1.50. The molecule has 0 saturated heterocycles. The van der Waals surface area contributed by atoms with Crippen LogP contribution in [0.4, 0.5) is 5.82 Å². The molecule has 2 aromatic rings. The first kappa shape index (κ1) is 14.1. The summed E-state index contributed by atoms with van der Waals surface area (Å²) in [7, 11) is 0. The number of rotatable bonds is 4. The molecule has 19 heavy (non-hydrogen) atoms. The lowest BCUT2D eigenvalue weighted by Crippen LogP contribution is -2.14. The van der Waals surface area contributed by atoms with E-state index in [1.165, 1.54) is 11.3 Å². The number of carbonyl (C=O) groups is 1. The number of aromatic nitrogens is 2. The minimum atomic E-state index is -0.252. The lowest BCUT2D eigenvalue weighted by atomic mass is 10.3. The van der Waals surface area contributed by atoms with E-state index in [0.717, 1.165) is 15.0 Å². The minimum absolute atomic E-state index is 0.252. The van der Waals surface area contributed by atoms with E-state index in [1.54, 1.807) is 11.6 Å². The zero-order valence-corrected chi connectivity index (χ0v) is 12.7. The van der Waals surface area contributed by atoms with Crippen LogP contribution in [0.2, 0.25) is 0 Å². The number of amides is 1. The van der Waals surface area contributed by atoms with Gasteiger partial charge in [-0.3, -0.25) is 4.79 Å². The van der Waals surface area contributed by atoms with Crippen molar-refractivity contribution < 1.29 is 4.79 Å². The van der Waals surface area contributed by atoms with Crippen LogP contribution in [-0.4, -0.2) is 22.4 Å². The third kappa shape index (κ3) is 3.59. The standard InChI is InChI=1S/C12H13BrN4OS/c1-7-4-8(13)5-15-11(7)17-12(18)9-6-19-10(16-9)2-3-14/h4-6H,2-3,14H2,1H3,(H,15,17,18). The van der Waals surface area contributed by atoms with Crippen molar-refractivity contribution in [1.29, 1.82) is 0 Å². The molecule has 0 aromatic carbocycles. The molecule has 0 radical (unpaired) electrons. The summed E-state index contributed by atoms with van der Waals surface area (Å²) >= 11 is 4.77. The molecule has 0 saturated carbocycles. The monoisotopic (exact) mass is 340 g/mol. The maximum Gasteiger partial charge on any atom is 0.276 e. The van der Waals surface area contributed by atoms with Gasteiger partial charge in [0.25, 0.3) is 5.91 Å². The average Bonchev–Trinajstić information content (AvgIpc) is 2.82. The number of hydrogen-bond acceptors (Lipinski definition) is 5. The number of aryl methyl sites for hydroxylation is 1. The van der Waals surface area contributed by atoms with E-state index < -0.39 is 0 Å². The Morgan fingerprint density at radius 3 is 3.05 bits per heavy atom. The molecule has 100 valence electrons. The second kappa shape index (κ2) is 6.23. The van der Waals surface area contributed by atoms with Crippen LogP contribution in [0.1, 0.15) is 21.1 Å². The Bertz CT molecular complexity index is 599. The molecule has 0 atom stereocenters. The Hall–Kier alpha value is -1.31. The second-order valence-electron chi connectivity index (χ2n) is 3.94. The van der Waals surface area contributed by atoms with E-state index in [0.29, 0.717) is 24.5 Å². The Labute approximate surface area is 123 Å². The molecule has 0 bridgehead atoms. The molecule has 0 aliphatic heterocycles. The molecule has 0 aliphatic carbocycles. The highest BCUT2D eigenvalue weighted by Crippen LogP contribution is 2.18. The fraction of sp³-hybridized carbons (Fsp3) is 0.250. The summed E-state index contributed by atoms with van der Waals surface area (Å²) in [5.74, 6) is 0.291. The third-order valence-corrected chi connectivity index (χ3v) is 3.76. The number of nitrogens with zero attached hydrogens (tertiary/aromatic N) is 2. The first-order valence-corrected chi connectivity index (χ1v) is 7.35. The number of hydrogen-bond donors (Lipinski definition) is 2. The quantitative estimate of drug-likeness (QED) is 0.895. The van der Waals surface area contributed by atoms with Crippen LogP contribution in [0.15, 0.2) is 22.1 Å². The summed E-state index contributed by atoms with van der Waals surface area (Å²) < 4.78 is 0.877. The van der Waals surface area contributed by atoms with Crippen molar-refractivity contribution >= 4 is 39.0 Å². The highest BCUT2D eigenvalue weighted by Gasteiger charge is 2.12. The summed E-state index contributed by atoms with van der Waals surface area (Å²) in [5.41, 5.74) is 6.74. The Balaban J connectivity index is 2.11. The zero-order valence-electron chi connectivity index (χ0n) is 10.3. The molecule has 0 spiro atoms. The van der Waals surface area contributed by atoms with E-state index in [-0.39, 0.29) is 5.91 Å². The summed E-state index contributed by atoms with van der Waals surface area (Å²) in [6.07, 6.45) is 2.33. The average molecular weight is 341 g/mol. The molecule has 2 aromatic heterocycles. The first-order valence-electron chi connectivity index (χ1n) is 5.68. The van der Waals surface area contributed by atoms with Gasteiger partial charge in [-0.1, -0.05) is 0 Å². The zero-order chi connectivity index (χ0) is 13.8. The number of pyridine rings is 1. The number of carbonyl (C=O) groups excluding carboxylic acids is 1. The Morgan fingerprint density at radius 1 is 1.58 bits per heavy atom. The van der Waals surface area contributed by atoms with Gasteiger partial charge < -0.3 is 11.1 Å². The summed E-state index contributed by atoms with van der Waals surface area (Å²) in [5, 5.41) is 5.35. The number of anilines is 1. The van der Waals surface area contributed by atoms with Gasteiger partial charge in [0.15, 0.2) is 0 Å². The van der Waals surface area contributed by atoms with Crippen molar-refractivity contribution in [3.63, 3.8) is 0 Å². The Kier molecular flexibility index (Phi) is 4.62. The van der Waals surface area contributed by atoms with Crippen LogP contribution in [0, 0.1) is 6.92 Å². The van der Waals surface area contributed by atoms with Crippen LogP contribution in [0.25, 0.3) is 0 Å². The SMILES string of the molecule is Cc1cc(Br)cnc1NC(=O)c1csc(CCN)n1. The molecule has 1 amide bonds. The van der Waals surface area contributed by atoms with Gasteiger partial charge in [0.1, 0.15) is 11.5 Å². The van der Waals surface area contributed by atoms with Crippen molar-refractivity contribution in [2.45, 2.75) is 13.3 Å². The molecule has 3 N–H and O–H groups in total. The van der Waals surface area contributed by atoms with E-state index in [4.69, 9.17) is 5.73 Å². The molecule has 7 heteroatoms. The number of thiazole rings is 1. The first-order chi connectivity index (χ1) is 9.10. The third-order valence-electron chi connectivity index (χ3n) is 2.42. The molecule has 0 unspecified atom stereocenters. The Morgan fingerprint density at radius 2 is 2.37 bits per heavy atom. The van der Waals surface area contributed by atoms with Crippen LogP contribution >= 0.6 is 27.3 Å². The summed E-state index contributed by atoms with van der Waals surface area (Å²) in [6.45, 7) is 2.41. The lowest BCUT2D eigenvalue weighted by molar-refractivity contribution is 0.102. The maximum atomic E-state index is 12.0. The van der Waals surface area contributed by atoms with E-state index >= 15 is 0 Å². The van der Waals surface area contributed by atoms with E-state index in [1.807, 2.05) is 13.0 Å². The molecule has 0 fully saturated rings.